The van der Waals surface area contributed by atoms with Crippen LogP contribution >= 0.6 is 0 Å². The number of rotatable bonds is 6. The first-order chi connectivity index (χ1) is 13.3. The summed E-state index contributed by atoms with van der Waals surface area (Å²) in [7, 11) is -4.37. The lowest BCUT2D eigenvalue weighted by atomic mass is 10.1. The Hall–Kier alpha value is -2.82. The van der Waals surface area contributed by atoms with Gasteiger partial charge in [-0.05, 0) is 18.1 Å². The number of likely N-dealkylation sites (tertiary alicyclic amines) is 1. The Morgan fingerprint density at radius 2 is 1.82 bits per heavy atom. The number of nitro benzene ring substituents is 1. The second-order valence-electron chi connectivity index (χ2n) is 6.42. The van der Waals surface area contributed by atoms with Gasteiger partial charge in [0.25, 0.3) is 5.69 Å². The number of nitro groups is 1. The number of β-amino-alcohol motifs (C(OH)–C–C–N with tert-alkyl or cyclic N) is 1. The van der Waals surface area contributed by atoms with Crippen molar-refractivity contribution in [3.63, 3.8) is 0 Å². The second kappa shape index (κ2) is 8.05. The Balaban J connectivity index is 1.98. The Kier molecular flexibility index (Phi) is 5.73. The van der Waals surface area contributed by atoms with Crippen LogP contribution in [0, 0.1) is 10.1 Å². The normalized spacial score (nSPS) is 18.0. The summed E-state index contributed by atoms with van der Waals surface area (Å²) < 4.78 is 28.1. The van der Waals surface area contributed by atoms with Crippen molar-refractivity contribution in [3.8, 4) is 0 Å². The van der Waals surface area contributed by atoms with Crippen LogP contribution in [0.1, 0.15) is 18.0 Å². The third kappa shape index (κ3) is 4.19. The number of carbonyl (C=O) groups excluding carboxylic acids is 1. The lowest BCUT2D eigenvalue weighted by Crippen LogP contribution is -2.42. The molecule has 1 fully saturated rings. The van der Waals surface area contributed by atoms with Gasteiger partial charge in [0.05, 0.1) is 11.0 Å². The van der Waals surface area contributed by atoms with Gasteiger partial charge in [0, 0.05) is 19.2 Å². The monoisotopic (exact) mass is 405 g/mol. The molecule has 0 bridgehead atoms. The van der Waals surface area contributed by atoms with Crippen molar-refractivity contribution in [2.24, 2.45) is 0 Å². The maximum Gasteiger partial charge on any atom is 0.289 e. The molecule has 1 aliphatic rings. The van der Waals surface area contributed by atoms with E-state index in [-0.39, 0.29) is 6.54 Å². The van der Waals surface area contributed by atoms with E-state index in [4.69, 9.17) is 0 Å². The highest BCUT2D eigenvalue weighted by Gasteiger charge is 2.35. The van der Waals surface area contributed by atoms with Crippen molar-refractivity contribution in [2.75, 3.05) is 13.1 Å². The van der Waals surface area contributed by atoms with Gasteiger partial charge >= 0.3 is 0 Å². The topological polar surface area (TPSA) is 130 Å². The summed E-state index contributed by atoms with van der Waals surface area (Å²) in [5, 5.41) is 20.9. The molecule has 2 aromatic carbocycles. The molecule has 1 amide bonds. The second-order valence-corrected chi connectivity index (χ2v) is 8.10. The standard InChI is InChI=1S/C18H19N3O6S/c22-14-10-11-20(12-14)18(23)17(13-6-2-1-3-7-13)19-28(26,27)16-9-5-4-8-15(16)21(24)25/h1-9,14,17,19,22H,10-12H2. The third-order valence-corrected chi connectivity index (χ3v) is 5.95. The zero-order valence-corrected chi connectivity index (χ0v) is 15.6. The molecule has 0 aromatic heterocycles. The first-order valence-corrected chi connectivity index (χ1v) is 10.1. The number of nitrogens with one attached hydrogen (secondary N) is 1. The number of carbonyl (C=O) groups is 1. The van der Waals surface area contributed by atoms with Gasteiger partial charge in [-0.25, -0.2) is 8.42 Å². The molecule has 2 atom stereocenters. The summed E-state index contributed by atoms with van der Waals surface area (Å²) in [6.45, 7) is 0.409. The van der Waals surface area contributed by atoms with E-state index in [0.29, 0.717) is 18.5 Å². The van der Waals surface area contributed by atoms with E-state index in [9.17, 15) is 28.4 Å². The van der Waals surface area contributed by atoms with Crippen molar-refractivity contribution in [1.29, 1.82) is 0 Å². The van der Waals surface area contributed by atoms with Crippen LogP contribution in [0.3, 0.4) is 0 Å². The highest BCUT2D eigenvalue weighted by atomic mass is 32.2. The summed E-state index contributed by atoms with van der Waals surface area (Å²) in [6.07, 6.45) is -0.253. The number of aliphatic hydroxyl groups is 1. The van der Waals surface area contributed by atoms with Crippen LogP contribution in [0.5, 0.6) is 0 Å². The van der Waals surface area contributed by atoms with Crippen molar-refractivity contribution in [2.45, 2.75) is 23.5 Å². The highest BCUT2D eigenvalue weighted by Crippen LogP contribution is 2.26. The molecule has 0 aliphatic carbocycles. The zero-order chi connectivity index (χ0) is 20.3. The summed E-state index contributed by atoms with van der Waals surface area (Å²) >= 11 is 0. The number of hydrogen-bond donors (Lipinski definition) is 2. The first kappa shape index (κ1) is 19.9. The van der Waals surface area contributed by atoms with Gasteiger partial charge < -0.3 is 10.0 Å². The average molecular weight is 405 g/mol. The van der Waals surface area contributed by atoms with Crippen LogP contribution in [-0.2, 0) is 14.8 Å². The molecular formula is C18H19N3O6S. The van der Waals surface area contributed by atoms with E-state index >= 15 is 0 Å². The first-order valence-electron chi connectivity index (χ1n) is 8.57. The predicted molar refractivity (Wildman–Crippen MR) is 99.8 cm³/mol. The summed E-state index contributed by atoms with van der Waals surface area (Å²) in [6, 6.07) is 11.9. The predicted octanol–water partition coefficient (Wildman–Crippen LogP) is 1.21. The van der Waals surface area contributed by atoms with E-state index in [0.717, 1.165) is 12.1 Å². The van der Waals surface area contributed by atoms with E-state index in [2.05, 4.69) is 4.72 Å². The fraction of sp³-hybridized carbons (Fsp3) is 0.278. The minimum atomic E-state index is -4.37. The molecule has 9 nitrogen and oxygen atoms in total. The van der Waals surface area contributed by atoms with Crippen molar-refractivity contribution in [3.05, 3.63) is 70.3 Å². The van der Waals surface area contributed by atoms with Gasteiger partial charge in [-0.1, -0.05) is 42.5 Å². The molecule has 1 aliphatic heterocycles. The number of hydrogen-bond acceptors (Lipinski definition) is 6. The van der Waals surface area contributed by atoms with Crippen LogP contribution < -0.4 is 4.72 Å². The van der Waals surface area contributed by atoms with Crippen molar-refractivity contribution in [1.82, 2.24) is 9.62 Å². The number of sulfonamides is 1. The summed E-state index contributed by atoms with van der Waals surface area (Å²) in [5.74, 6) is -0.523. The third-order valence-electron chi connectivity index (χ3n) is 4.48. The maximum atomic E-state index is 13.0. The lowest BCUT2D eigenvalue weighted by Gasteiger charge is -2.24. The SMILES string of the molecule is O=C(C(NS(=O)(=O)c1ccccc1[N+](=O)[O-])c1ccccc1)N1CCC(O)C1. The Bertz CT molecular complexity index is 980. The van der Waals surface area contributed by atoms with Gasteiger partial charge in [-0.2, -0.15) is 4.72 Å². The van der Waals surface area contributed by atoms with Crippen molar-refractivity contribution >= 4 is 21.6 Å². The summed E-state index contributed by atoms with van der Waals surface area (Å²) in [5.41, 5.74) is -0.179. The van der Waals surface area contributed by atoms with Crippen LogP contribution in [0.15, 0.2) is 59.5 Å². The Morgan fingerprint density at radius 1 is 1.18 bits per heavy atom. The minimum absolute atomic E-state index is 0.107. The van der Waals surface area contributed by atoms with E-state index in [1.54, 1.807) is 30.3 Å². The number of nitrogens with zero attached hydrogens (tertiary/aromatic N) is 2. The summed E-state index contributed by atoms with van der Waals surface area (Å²) in [4.78, 5) is 24.3. The van der Waals surface area contributed by atoms with Gasteiger partial charge in [-0.3, -0.25) is 14.9 Å². The van der Waals surface area contributed by atoms with E-state index in [1.807, 2.05) is 0 Å². The Morgan fingerprint density at radius 3 is 2.43 bits per heavy atom. The number of aliphatic hydroxyl groups excluding tert-OH is 1. The highest BCUT2D eigenvalue weighted by molar-refractivity contribution is 7.89. The van der Waals surface area contributed by atoms with E-state index < -0.39 is 43.6 Å². The maximum absolute atomic E-state index is 13.0. The molecule has 2 aromatic rings. The molecule has 1 saturated heterocycles. The van der Waals surface area contributed by atoms with Crippen LogP contribution in [0.25, 0.3) is 0 Å². The molecule has 2 N–H and O–H groups in total. The lowest BCUT2D eigenvalue weighted by molar-refractivity contribution is -0.387. The fourth-order valence-electron chi connectivity index (χ4n) is 3.08. The molecule has 0 spiro atoms. The van der Waals surface area contributed by atoms with Crippen LogP contribution in [0.2, 0.25) is 0 Å². The average Bonchev–Trinajstić information content (AvgIpc) is 3.12. The molecule has 2 unspecified atom stereocenters. The van der Waals surface area contributed by atoms with Gasteiger partial charge in [-0.15, -0.1) is 0 Å². The number of amides is 1. The zero-order valence-electron chi connectivity index (χ0n) is 14.8. The molecular weight excluding hydrogens is 386 g/mol. The van der Waals surface area contributed by atoms with Crippen LogP contribution in [-0.4, -0.2) is 48.4 Å². The fourth-order valence-corrected chi connectivity index (χ4v) is 4.43. The van der Waals surface area contributed by atoms with Gasteiger partial charge in [0.2, 0.25) is 15.9 Å². The molecule has 148 valence electrons. The molecule has 0 radical (unpaired) electrons. The number of benzene rings is 2. The number of para-hydroxylation sites is 1. The largest absolute Gasteiger partial charge is 0.391 e. The molecule has 0 saturated carbocycles. The minimum Gasteiger partial charge on any atom is -0.391 e. The van der Waals surface area contributed by atoms with E-state index in [1.165, 1.54) is 17.0 Å². The van der Waals surface area contributed by atoms with Gasteiger partial charge in [0.15, 0.2) is 4.90 Å². The molecule has 3 rings (SSSR count). The molecule has 10 heteroatoms. The van der Waals surface area contributed by atoms with Crippen LogP contribution in [0.4, 0.5) is 5.69 Å². The van der Waals surface area contributed by atoms with Crippen molar-refractivity contribution < 1.29 is 23.2 Å². The molecule has 1 heterocycles. The smallest absolute Gasteiger partial charge is 0.289 e. The quantitative estimate of drug-likeness (QED) is 0.549. The van der Waals surface area contributed by atoms with Gasteiger partial charge in [0.1, 0.15) is 6.04 Å². The molecule has 28 heavy (non-hydrogen) atoms. The Labute approximate surface area is 161 Å².